The summed E-state index contributed by atoms with van der Waals surface area (Å²) >= 11 is 5.70. The lowest BCUT2D eigenvalue weighted by Crippen LogP contribution is -2.52. The number of urea groups is 1. The first kappa shape index (κ1) is 27.7. The molecule has 0 spiro atoms. The van der Waals surface area contributed by atoms with Crippen LogP contribution in [-0.2, 0) is 11.2 Å². The lowest BCUT2D eigenvalue weighted by atomic mass is 10.0. The number of aromatic nitrogens is 2. The summed E-state index contributed by atoms with van der Waals surface area (Å²) in [6, 6.07) is 6.23. The van der Waals surface area contributed by atoms with Crippen LogP contribution in [0.1, 0.15) is 79.7 Å². The Morgan fingerprint density at radius 1 is 1.11 bits per heavy atom. The van der Waals surface area contributed by atoms with Crippen LogP contribution >= 0.6 is 11.6 Å². The highest BCUT2D eigenvalue weighted by atomic mass is 35.5. The van der Waals surface area contributed by atoms with E-state index >= 15 is 0 Å². The highest BCUT2D eigenvalue weighted by Crippen LogP contribution is 2.26. The molecule has 4 rings (SSSR count). The second-order valence-corrected chi connectivity index (χ2v) is 10.7. The zero-order valence-corrected chi connectivity index (χ0v) is 22.9. The third kappa shape index (κ3) is 6.75. The Kier molecular flexibility index (Phi) is 9.09. The van der Waals surface area contributed by atoms with Crippen LogP contribution in [0, 0.1) is 12.8 Å². The number of halogens is 1. The van der Waals surface area contributed by atoms with E-state index in [9.17, 15) is 14.4 Å². The van der Waals surface area contributed by atoms with Gasteiger partial charge in [0.25, 0.3) is 5.24 Å². The van der Waals surface area contributed by atoms with E-state index in [0.717, 1.165) is 42.1 Å². The predicted molar refractivity (Wildman–Crippen MR) is 146 cm³/mol. The van der Waals surface area contributed by atoms with Crippen molar-refractivity contribution in [3.8, 4) is 0 Å². The van der Waals surface area contributed by atoms with Crippen LogP contribution in [0.3, 0.4) is 0 Å². The summed E-state index contributed by atoms with van der Waals surface area (Å²) < 4.78 is 5.81. The topological polar surface area (TPSA) is 120 Å². The van der Waals surface area contributed by atoms with Crippen LogP contribution in [0.15, 0.2) is 34.9 Å². The molecule has 38 heavy (non-hydrogen) atoms. The largest absolute Gasteiger partial charge is 0.443 e. The van der Waals surface area contributed by atoms with Gasteiger partial charge in [-0.25, -0.2) is 9.78 Å². The van der Waals surface area contributed by atoms with Crippen molar-refractivity contribution in [2.24, 2.45) is 5.92 Å². The average Bonchev–Trinajstić information content (AvgIpc) is 3.35. The Morgan fingerprint density at radius 2 is 1.82 bits per heavy atom. The predicted octanol–water partition coefficient (Wildman–Crippen LogP) is 5.24. The summed E-state index contributed by atoms with van der Waals surface area (Å²) in [5.41, 5.74) is 1.94. The summed E-state index contributed by atoms with van der Waals surface area (Å²) in [6.45, 7) is 7.01. The van der Waals surface area contributed by atoms with E-state index < -0.39 is 17.3 Å². The molecule has 3 aromatic rings. The minimum atomic E-state index is -0.735. The fourth-order valence-electron chi connectivity index (χ4n) is 4.96. The monoisotopic (exact) mass is 541 g/mol. The molecule has 3 N–H and O–H groups in total. The minimum absolute atomic E-state index is 0.0213. The Bertz CT molecular complexity index is 1280. The van der Waals surface area contributed by atoms with Crippen molar-refractivity contribution >= 4 is 39.7 Å². The summed E-state index contributed by atoms with van der Waals surface area (Å²) in [6.07, 6.45) is 6.87. The van der Waals surface area contributed by atoms with Crippen molar-refractivity contribution in [3.05, 3.63) is 53.4 Å². The van der Waals surface area contributed by atoms with E-state index in [1.807, 2.05) is 44.3 Å². The molecule has 1 aliphatic rings. The molecule has 0 unspecified atom stereocenters. The summed E-state index contributed by atoms with van der Waals surface area (Å²) in [5, 5.41) is 6.30. The number of carbonyl (C=O) groups excluding carboxylic acids is 3. The Hall–Kier alpha value is -3.33. The average molecular weight is 542 g/mol. The number of amides is 3. The van der Waals surface area contributed by atoms with Crippen molar-refractivity contribution in [2.45, 2.75) is 71.4 Å². The van der Waals surface area contributed by atoms with Crippen LogP contribution in [0.25, 0.3) is 10.9 Å². The number of nitrogens with one attached hydrogen (secondary N) is 3. The van der Waals surface area contributed by atoms with E-state index in [4.69, 9.17) is 16.0 Å². The molecule has 3 amide bonds. The second kappa shape index (κ2) is 12.5. The zero-order valence-electron chi connectivity index (χ0n) is 22.2. The number of oxazole rings is 1. The van der Waals surface area contributed by atoms with E-state index in [2.05, 4.69) is 20.6 Å². The van der Waals surface area contributed by atoms with Gasteiger partial charge < -0.3 is 24.9 Å². The van der Waals surface area contributed by atoms with E-state index in [0.29, 0.717) is 25.9 Å². The van der Waals surface area contributed by atoms with Gasteiger partial charge in [0.15, 0.2) is 5.69 Å². The van der Waals surface area contributed by atoms with Gasteiger partial charge >= 0.3 is 6.03 Å². The molecule has 0 bridgehead atoms. The molecule has 0 saturated carbocycles. The smallest absolute Gasteiger partial charge is 0.318 e. The molecule has 204 valence electrons. The zero-order chi connectivity index (χ0) is 27.2. The van der Waals surface area contributed by atoms with E-state index in [-0.39, 0.29) is 35.2 Å². The van der Waals surface area contributed by atoms with Gasteiger partial charge in [-0.15, -0.1) is 0 Å². The number of rotatable bonds is 9. The molecule has 2 aromatic heterocycles. The molecular formula is C28H36ClN5O4. The van der Waals surface area contributed by atoms with Gasteiger partial charge in [-0.3, -0.25) is 9.59 Å². The summed E-state index contributed by atoms with van der Waals surface area (Å²) in [5.74, 6) is 0.312. The minimum Gasteiger partial charge on any atom is -0.443 e. The maximum atomic E-state index is 13.7. The second-order valence-electron chi connectivity index (χ2n) is 10.4. The molecule has 2 atom stereocenters. The lowest BCUT2D eigenvalue weighted by Gasteiger charge is -2.27. The molecular weight excluding hydrogens is 506 g/mol. The van der Waals surface area contributed by atoms with Gasteiger partial charge in [0.05, 0.1) is 0 Å². The summed E-state index contributed by atoms with van der Waals surface area (Å²) in [4.78, 5) is 47.9. The maximum Gasteiger partial charge on any atom is 0.318 e. The normalized spacial score (nSPS) is 15.8. The third-order valence-corrected chi connectivity index (χ3v) is 7.11. The molecule has 1 saturated heterocycles. The number of para-hydroxylation sites is 1. The number of aromatic amines is 1. The number of fused-ring (bicyclic) bond motifs is 1. The molecule has 1 aromatic carbocycles. The molecule has 10 heteroatoms. The Morgan fingerprint density at radius 3 is 2.47 bits per heavy atom. The number of carbonyl (C=O) groups is 3. The van der Waals surface area contributed by atoms with Crippen LogP contribution in [0.2, 0.25) is 0 Å². The highest BCUT2D eigenvalue weighted by molar-refractivity contribution is 6.67. The first-order valence-electron chi connectivity index (χ1n) is 13.3. The summed E-state index contributed by atoms with van der Waals surface area (Å²) in [7, 11) is 0. The highest BCUT2D eigenvalue weighted by Gasteiger charge is 2.30. The van der Waals surface area contributed by atoms with Gasteiger partial charge in [-0.1, -0.05) is 44.9 Å². The lowest BCUT2D eigenvalue weighted by molar-refractivity contribution is -0.124. The quantitative estimate of drug-likeness (QED) is 0.320. The SMILES string of the molecule is Cc1oc([C@@H](Cc2c[nH]c3ccccc23)NC(=O)[C@H](CC(C)C)NC(=O)N2CCCCCC2)nc1C(=O)Cl. The van der Waals surface area contributed by atoms with Crippen LogP contribution < -0.4 is 10.6 Å². The van der Waals surface area contributed by atoms with Gasteiger partial charge in [0.1, 0.15) is 17.8 Å². The van der Waals surface area contributed by atoms with Gasteiger partial charge in [0.2, 0.25) is 11.8 Å². The van der Waals surface area contributed by atoms with E-state index in [1.165, 1.54) is 0 Å². The van der Waals surface area contributed by atoms with Crippen molar-refractivity contribution < 1.29 is 18.8 Å². The van der Waals surface area contributed by atoms with Crippen molar-refractivity contribution in [3.63, 3.8) is 0 Å². The van der Waals surface area contributed by atoms with Crippen LogP contribution in [0.5, 0.6) is 0 Å². The number of hydrogen-bond donors (Lipinski definition) is 3. The third-order valence-electron chi connectivity index (χ3n) is 6.93. The van der Waals surface area contributed by atoms with Crippen LogP contribution in [0.4, 0.5) is 4.79 Å². The van der Waals surface area contributed by atoms with Crippen molar-refractivity contribution in [1.82, 2.24) is 25.5 Å². The van der Waals surface area contributed by atoms with Crippen molar-refractivity contribution in [2.75, 3.05) is 13.1 Å². The molecule has 3 heterocycles. The number of aryl methyl sites for hydroxylation is 1. The number of H-pyrrole nitrogens is 1. The molecule has 0 radical (unpaired) electrons. The number of hydrogen-bond acceptors (Lipinski definition) is 5. The standard InChI is InChI=1S/C28H36ClN5O4/c1-17(2)14-22(32-28(37)34-12-8-4-5-9-13-34)26(36)31-23(27-33-24(25(29)35)18(3)38-27)15-19-16-30-21-11-7-6-10-20(19)21/h6-7,10-11,16-17,22-23,30H,4-5,8-9,12-15H2,1-3H3,(H,31,36)(H,32,37)/t22-,23+/m0/s1. The van der Waals surface area contributed by atoms with Crippen LogP contribution in [-0.4, -0.2) is 51.2 Å². The number of benzene rings is 1. The van der Waals surface area contributed by atoms with Gasteiger partial charge in [-0.05, 0) is 55.3 Å². The fourth-order valence-corrected chi connectivity index (χ4v) is 5.13. The van der Waals surface area contributed by atoms with Crippen molar-refractivity contribution in [1.29, 1.82) is 0 Å². The number of nitrogens with zero attached hydrogens (tertiary/aromatic N) is 2. The molecule has 1 fully saturated rings. The first-order chi connectivity index (χ1) is 18.2. The van der Waals surface area contributed by atoms with Gasteiger partial charge in [-0.2, -0.15) is 0 Å². The molecule has 9 nitrogen and oxygen atoms in total. The fraction of sp³-hybridized carbons (Fsp3) is 0.500. The first-order valence-corrected chi connectivity index (χ1v) is 13.7. The van der Waals surface area contributed by atoms with Gasteiger partial charge in [0, 0.05) is 36.6 Å². The van der Waals surface area contributed by atoms with E-state index in [1.54, 1.807) is 11.8 Å². The molecule has 1 aliphatic heterocycles. The maximum absolute atomic E-state index is 13.7. The Balaban J connectivity index is 1.59. The molecule has 0 aliphatic carbocycles. The number of likely N-dealkylation sites (tertiary alicyclic amines) is 1. The Labute approximate surface area is 227 Å².